The second-order valence-corrected chi connectivity index (χ2v) is 5.89. The number of carbonyl (C=O) groups excluding carboxylic acids is 3. The van der Waals surface area contributed by atoms with E-state index in [0.29, 0.717) is 16.6 Å². The number of nitrogens with zero attached hydrogens (tertiary/aromatic N) is 3. The molecule has 0 aliphatic carbocycles. The van der Waals surface area contributed by atoms with Crippen LogP contribution in [0.25, 0.3) is 11.4 Å². The van der Waals surface area contributed by atoms with Gasteiger partial charge in [0.2, 0.25) is 0 Å². The lowest BCUT2D eigenvalue weighted by molar-refractivity contribution is -0.0585. The van der Waals surface area contributed by atoms with Crippen LogP contribution in [0, 0.1) is 6.92 Å². The molecule has 0 radical (unpaired) electrons. The normalized spacial score (nSPS) is 12.9. The molecule has 7 nitrogen and oxygen atoms in total. The number of hydrogen-bond donors (Lipinski definition) is 0. The van der Waals surface area contributed by atoms with Crippen molar-refractivity contribution in [3.8, 4) is 11.4 Å². The predicted molar refractivity (Wildman–Crippen MR) is 94.6 cm³/mol. The molecule has 2 heterocycles. The first-order valence-electron chi connectivity index (χ1n) is 8.15. The molecule has 1 aliphatic rings. The first-order valence-corrected chi connectivity index (χ1v) is 8.15. The van der Waals surface area contributed by atoms with Gasteiger partial charge in [-0.3, -0.25) is 9.59 Å². The van der Waals surface area contributed by atoms with Gasteiger partial charge in [-0.25, -0.2) is 14.8 Å². The van der Waals surface area contributed by atoms with Gasteiger partial charge in [0.15, 0.2) is 5.82 Å². The Kier molecular flexibility index (Phi) is 3.97. The Morgan fingerprint density at radius 1 is 0.926 bits per heavy atom. The Morgan fingerprint density at radius 2 is 1.52 bits per heavy atom. The lowest BCUT2D eigenvalue weighted by Crippen LogP contribution is -2.33. The summed E-state index contributed by atoms with van der Waals surface area (Å²) < 4.78 is 0. The number of amides is 2. The van der Waals surface area contributed by atoms with Gasteiger partial charge in [0.1, 0.15) is 5.56 Å². The number of hydrogen-bond acceptors (Lipinski definition) is 6. The maximum absolute atomic E-state index is 12.5. The van der Waals surface area contributed by atoms with Crippen molar-refractivity contribution in [2.45, 2.75) is 6.92 Å². The van der Waals surface area contributed by atoms with E-state index in [-0.39, 0.29) is 16.7 Å². The number of imide groups is 1. The fourth-order valence-electron chi connectivity index (χ4n) is 2.78. The van der Waals surface area contributed by atoms with E-state index in [1.54, 1.807) is 19.1 Å². The Balaban J connectivity index is 1.58. The van der Waals surface area contributed by atoms with Crippen molar-refractivity contribution in [3.63, 3.8) is 0 Å². The molecule has 0 bridgehead atoms. The minimum atomic E-state index is -0.874. The topological polar surface area (TPSA) is 89.5 Å². The molecule has 0 saturated carbocycles. The van der Waals surface area contributed by atoms with E-state index >= 15 is 0 Å². The second-order valence-electron chi connectivity index (χ2n) is 5.89. The Morgan fingerprint density at radius 3 is 2.11 bits per heavy atom. The molecule has 132 valence electrons. The standard InChI is InChI=1S/C20H13N3O4/c1-12-16(11-21-17(22-12)13-7-3-2-4-8-13)20(26)27-23-18(24)14-9-5-6-10-15(14)19(23)25/h2-11H,1H3. The summed E-state index contributed by atoms with van der Waals surface area (Å²) in [4.78, 5) is 50.6. The molecule has 1 aliphatic heterocycles. The van der Waals surface area contributed by atoms with Crippen molar-refractivity contribution < 1.29 is 19.2 Å². The third kappa shape index (κ3) is 2.85. The molecule has 27 heavy (non-hydrogen) atoms. The van der Waals surface area contributed by atoms with Crippen molar-refractivity contribution in [1.29, 1.82) is 0 Å². The summed E-state index contributed by atoms with van der Waals surface area (Å²) >= 11 is 0. The van der Waals surface area contributed by atoms with Gasteiger partial charge in [0, 0.05) is 11.8 Å². The van der Waals surface area contributed by atoms with E-state index in [9.17, 15) is 14.4 Å². The molecule has 2 amide bonds. The largest absolute Gasteiger partial charge is 0.367 e. The van der Waals surface area contributed by atoms with Crippen LogP contribution in [0.2, 0.25) is 0 Å². The summed E-state index contributed by atoms with van der Waals surface area (Å²) in [6, 6.07) is 15.6. The number of aromatic nitrogens is 2. The first-order chi connectivity index (χ1) is 13.1. The van der Waals surface area contributed by atoms with Gasteiger partial charge in [0.05, 0.1) is 16.8 Å². The van der Waals surface area contributed by atoms with Crippen LogP contribution in [-0.4, -0.2) is 32.8 Å². The zero-order chi connectivity index (χ0) is 19.0. The lowest BCUT2D eigenvalue weighted by atomic mass is 10.1. The third-order valence-corrected chi connectivity index (χ3v) is 4.16. The van der Waals surface area contributed by atoms with Gasteiger partial charge < -0.3 is 4.84 Å². The second kappa shape index (κ2) is 6.45. The Labute approximate surface area is 154 Å². The van der Waals surface area contributed by atoms with Gasteiger partial charge in [-0.15, -0.1) is 0 Å². The number of fused-ring (bicyclic) bond motifs is 1. The van der Waals surface area contributed by atoms with Crippen molar-refractivity contribution >= 4 is 17.8 Å². The van der Waals surface area contributed by atoms with Crippen LogP contribution in [0.5, 0.6) is 0 Å². The smallest absolute Gasteiger partial charge is 0.324 e. The Bertz CT molecular complexity index is 1040. The number of benzene rings is 2. The molecule has 0 N–H and O–H groups in total. The van der Waals surface area contributed by atoms with Crippen molar-refractivity contribution in [2.75, 3.05) is 0 Å². The number of aryl methyl sites for hydroxylation is 1. The summed E-state index contributed by atoms with van der Waals surface area (Å²) in [6.45, 7) is 1.63. The van der Waals surface area contributed by atoms with Crippen LogP contribution >= 0.6 is 0 Å². The van der Waals surface area contributed by atoms with Crippen LogP contribution in [0.4, 0.5) is 0 Å². The molecule has 0 saturated heterocycles. The molecule has 2 aromatic carbocycles. The first kappa shape index (κ1) is 16.6. The fourth-order valence-corrected chi connectivity index (χ4v) is 2.78. The van der Waals surface area contributed by atoms with Crippen LogP contribution in [0.3, 0.4) is 0 Å². The van der Waals surface area contributed by atoms with E-state index in [1.165, 1.54) is 18.3 Å². The molecule has 0 unspecified atom stereocenters. The van der Waals surface area contributed by atoms with Crippen LogP contribution in [0.15, 0.2) is 60.8 Å². The van der Waals surface area contributed by atoms with E-state index in [1.807, 2.05) is 30.3 Å². The van der Waals surface area contributed by atoms with E-state index in [0.717, 1.165) is 5.56 Å². The summed E-state index contributed by atoms with van der Waals surface area (Å²) in [5.74, 6) is -1.76. The van der Waals surface area contributed by atoms with Gasteiger partial charge in [-0.2, -0.15) is 0 Å². The van der Waals surface area contributed by atoms with Gasteiger partial charge in [-0.1, -0.05) is 47.5 Å². The average molecular weight is 359 g/mol. The average Bonchev–Trinajstić information content (AvgIpc) is 2.93. The third-order valence-electron chi connectivity index (χ3n) is 4.16. The minimum Gasteiger partial charge on any atom is -0.324 e. The molecule has 1 aromatic heterocycles. The van der Waals surface area contributed by atoms with Crippen molar-refractivity contribution in [1.82, 2.24) is 15.0 Å². The molecule has 3 aromatic rings. The highest BCUT2D eigenvalue weighted by molar-refractivity contribution is 6.21. The van der Waals surface area contributed by atoms with E-state index in [4.69, 9.17) is 4.84 Å². The highest BCUT2D eigenvalue weighted by Crippen LogP contribution is 2.24. The highest BCUT2D eigenvalue weighted by Gasteiger charge is 2.39. The Hall–Kier alpha value is -3.87. The summed E-state index contributed by atoms with van der Waals surface area (Å²) in [5.41, 5.74) is 1.66. The molecule has 0 atom stereocenters. The molecule has 0 spiro atoms. The maximum Gasteiger partial charge on any atom is 0.367 e. The summed E-state index contributed by atoms with van der Waals surface area (Å²) in [5, 5.41) is 0.470. The quantitative estimate of drug-likeness (QED) is 0.668. The molecule has 4 rings (SSSR count). The molecular formula is C20H13N3O4. The van der Waals surface area contributed by atoms with E-state index in [2.05, 4.69) is 9.97 Å². The van der Waals surface area contributed by atoms with E-state index < -0.39 is 17.8 Å². The zero-order valence-corrected chi connectivity index (χ0v) is 14.2. The number of hydroxylamine groups is 2. The number of carbonyl (C=O) groups is 3. The SMILES string of the molecule is Cc1nc(-c2ccccc2)ncc1C(=O)ON1C(=O)c2ccccc2C1=O. The summed E-state index contributed by atoms with van der Waals surface area (Å²) in [7, 11) is 0. The fraction of sp³-hybridized carbons (Fsp3) is 0.0500. The highest BCUT2D eigenvalue weighted by atomic mass is 16.7. The van der Waals surface area contributed by atoms with Crippen molar-refractivity contribution in [2.24, 2.45) is 0 Å². The monoisotopic (exact) mass is 359 g/mol. The maximum atomic E-state index is 12.5. The lowest BCUT2D eigenvalue weighted by Gasteiger charge is -2.13. The number of rotatable bonds is 3. The predicted octanol–water partition coefficient (Wildman–Crippen LogP) is 2.82. The van der Waals surface area contributed by atoms with Crippen LogP contribution < -0.4 is 0 Å². The van der Waals surface area contributed by atoms with Gasteiger partial charge >= 0.3 is 5.97 Å². The molecule has 7 heteroatoms. The van der Waals surface area contributed by atoms with Gasteiger partial charge in [0.25, 0.3) is 11.8 Å². The van der Waals surface area contributed by atoms with Crippen LogP contribution in [0.1, 0.15) is 36.8 Å². The van der Waals surface area contributed by atoms with Gasteiger partial charge in [-0.05, 0) is 19.1 Å². The van der Waals surface area contributed by atoms with Crippen LogP contribution in [-0.2, 0) is 4.84 Å². The zero-order valence-electron chi connectivity index (χ0n) is 14.2. The molecule has 0 fully saturated rings. The minimum absolute atomic E-state index is 0.0752. The van der Waals surface area contributed by atoms with Crippen molar-refractivity contribution in [3.05, 3.63) is 83.2 Å². The summed E-state index contributed by atoms with van der Waals surface area (Å²) in [6.07, 6.45) is 1.32. The molecular weight excluding hydrogens is 346 g/mol.